The van der Waals surface area contributed by atoms with E-state index in [9.17, 15) is 18.0 Å². The first-order chi connectivity index (χ1) is 13.8. The molecule has 0 fully saturated rings. The smallest absolute Gasteiger partial charge is 0.416 e. The predicted molar refractivity (Wildman–Crippen MR) is 107 cm³/mol. The van der Waals surface area contributed by atoms with Crippen molar-refractivity contribution in [2.75, 3.05) is 7.05 Å². The van der Waals surface area contributed by atoms with Crippen molar-refractivity contribution in [2.24, 2.45) is 0 Å². The van der Waals surface area contributed by atoms with Crippen LogP contribution in [0.2, 0.25) is 0 Å². The molecule has 2 heterocycles. The van der Waals surface area contributed by atoms with Crippen molar-refractivity contribution < 1.29 is 22.7 Å². The van der Waals surface area contributed by atoms with Crippen LogP contribution in [-0.4, -0.2) is 17.9 Å². The maximum absolute atomic E-state index is 12.9. The summed E-state index contributed by atoms with van der Waals surface area (Å²) < 4.78 is 45.7. The minimum Gasteiger partial charge on any atom is -0.457 e. The molecule has 0 spiro atoms. The first-order valence-electron chi connectivity index (χ1n) is 8.67. The van der Waals surface area contributed by atoms with E-state index in [-0.39, 0.29) is 11.4 Å². The summed E-state index contributed by atoms with van der Waals surface area (Å²) >= 11 is 1.48. The molecule has 29 heavy (non-hydrogen) atoms. The molecule has 148 valence electrons. The Kier molecular flexibility index (Phi) is 4.66. The molecule has 2 aromatic heterocycles. The number of fused-ring (bicyclic) bond motifs is 2. The van der Waals surface area contributed by atoms with Gasteiger partial charge in [0.05, 0.1) is 16.6 Å². The van der Waals surface area contributed by atoms with Gasteiger partial charge in [0.15, 0.2) is 0 Å². The maximum atomic E-state index is 12.9. The number of hydrogen-bond donors (Lipinski definition) is 1. The van der Waals surface area contributed by atoms with Crippen LogP contribution < -0.4 is 10.1 Å². The zero-order valence-electron chi connectivity index (χ0n) is 15.4. The first-order valence-corrected chi connectivity index (χ1v) is 9.48. The molecule has 4 aromatic rings. The number of ether oxygens (including phenoxy) is 1. The molecule has 1 amide bonds. The van der Waals surface area contributed by atoms with Gasteiger partial charge in [0.1, 0.15) is 11.5 Å². The molecule has 0 atom stereocenters. The number of halogens is 3. The number of carbonyl (C=O) groups is 1. The second-order valence-electron chi connectivity index (χ2n) is 6.41. The molecule has 0 aliphatic rings. The van der Waals surface area contributed by atoms with Gasteiger partial charge in [-0.25, -0.2) is 0 Å². The highest BCUT2D eigenvalue weighted by atomic mass is 32.1. The van der Waals surface area contributed by atoms with E-state index in [0.29, 0.717) is 22.4 Å². The van der Waals surface area contributed by atoms with Gasteiger partial charge in [-0.15, -0.1) is 11.3 Å². The quantitative estimate of drug-likeness (QED) is 0.450. The van der Waals surface area contributed by atoms with Crippen LogP contribution in [0, 0.1) is 6.92 Å². The van der Waals surface area contributed by atoms with E-state index in [1.807, 2.05) is 19.1 Å². The predicted octanol–water partition coefficient (Wildman–Crippen LogP) is 5.93. The molecule has 0 saturated carbocycles. The van der Waals surface area contributed by atoms with Gasteiger partial charge in [0.25, 0.3) is 5.91 Å². The second kappa shape index (κ2) is 7.04. The summed E-state index contributed by atoms with van der Waals surface area (Å²) in [7, 11) is 1.58. The summed E-state index contributed by atoms with van der Waals surface area (Å²) in [6, 6.07) is 10.3. The zero-order valence-corrected chi connectivity index (χ0v) is 16.2. The van der Waals surface area contributed by atoms with Gasteiger partial charge in [-0.2, -0.15) is 13.2 Å². The average molecular weight is 416 g/mol. The molecule has 0 bridgehead atoms. The highest BCUT2D eigenvalue weighted by Crippen LogP contribution is 2.37. The number of nitrogens with zero attached hydrogens (tertiary/aromatic N) is 1. The largest absolute Gasteiger partial charge is 0.457 e. The van der Waals surface area contributed by atoms with E-state index < -0.39 is 11.7 Å². The van der Waals surface area contributed by atoms with Gasteiger partial charge in [-0.3, -0.25) is 9.78 Å². The van der Waals surface area contributed by atoms with Crippen molar-refractivity contribution in [1.82, 2.24) is 10.3 Å². The van der Waals surface area contributed by atoms with E-state index in [1.54, 1.807) is 19.2 Å². The van der Waals surface area contributed by atoms with Crippen LogP contribution >= 0.6 is 11.3 Å². The summed E-state index contributed by atoms with van der Waals surface area (Å²) in [6.07, 6.45) is -3.02. The van der Waals surface area contributed by atoms with Crippen molar-refractivity contribution in [3.05, 3.63) is 64.7 Å². The lowest BCUT2D eigenvalue weighted by Crippen LogP contribution is -2.18. The topological polar surface area (TPSA) is 51.2 Å². The Bertz CT molecular complexity index is 1250. The fourth-order valence-electron chi connectivity index (χ4n) is 3.18. The summed E-state index contributed by atoms with van der Waals surface area (Å²) in [6.45, 7) is 1.88. The third-order valence-electron chi connectivity index (χ3n) is 4.55. The average Bonchev–Trinajstić information content (AvgIpc) is 3.01. The Hall–Kier alpha value is -3.13. The number of nitrogens with one attached hydrogen (secondary N) is 1. The number of hydrogen-bond acceptors (Lipinski definition) is 4. The maximum Gasteiger partial charge on any atom is 0.416 e. The van der Waals surface area contributed by atoms with Crippen LogP contribution in [0.4, 0.5) is 13.2 Å². The monoisotopic (exact) mass is 416 g/mol. The van der Waals surface area contributed by atoms with Crippen LogP contribution in [0.25, 0.3) is 21.0 Å². The minimum absolute atomic E-state index is 0.150. The zero-order chi connectivity index (χ0) is 20.8. The van der Waals surface area contributed by atoms with Crippen molar-refractivity contribution in [2.45, 2.75) is 13.1 Å². The number of benzene rings is 2. The number of aromatic nitrogens is 1. The lowest BCUT2D eigenvalue weighted by Gasteiger charge is -2.11. The molecule has 0 unspecified atom stereocenters. The molecule has 0 aliphatic carbocycles. The molecule has 2 aromatic carbocycles. The summed E-state index contributed by atoms with van der Waals surface area (Å²) in [5, 5.41) is 3.95. The number of alkyl halides is 3. The van der Waals surface area contributed by atoms with Crippen LogP contribution in [0.3, 0.4) is 0 Å². The molecule has 8 heteroatoms. The Morgan fingerprint density at radius 3 is 2.59 bits per heavy atom. The molecule has 0 aliphatic heterocycles. The number of aryl methyl sites for hydroxylation is 1. The lowest BCUT2D eigenvalue weighted by molar-refractivity contribution is -0.137. The highest BCUT2D eigenvalue weighted by molar-refractivity contribution is 7.19. The van der Waals surface area contributed by atoms with Gasteiger partial charge in [-0.1, -0.05) is 0 Å². The molecule has 4 nitrogen and oxygen atoms in total. The molecular formula is C21H15F3N2O2S. The number of carbonyl (C=O) groups excluding carboxylic acids is 1. The fourth-order valence-corrected chi connectivity index (χ4v) is 4.27. The molecule has 4 rings (SSSR count). The van der Waals surface area contributed by atoms with Crippen LogP contribution in [-0.2, 0) is 6.18 Å². The number of rotatable bonds is 3. The van der Waals surface area contributed by atoms with Gasteiger partial charge in [0.2, 0.25) is 0 Å². The highest BCUT2D eigenvalue weighted by Gasteiger charge is 2.30. The lowest BCUT2D eigenvalue weighted by atomic mass is 10.1. The van der Waals surface area contributed by atoms with E-state index >= 15 is 0 Å². The standard InChI is InChI=1S/C21H15F3N2O2S/c1-11-19(20(27)25-2)15-6-4-13(10-18(15)29-11)28-17-7-8-26-16-9-12(21(22,23)24)3-5-14(16)17/h3-10H,1-2H3,(H,25,27). The second-order valence-corrected chi connectivity index (χ2v) is 7.67. The normalized spacial score (nSPS) is 11.8. The Morgan fingerprint density at radius 1 is 1.10 bits per heavy atom. The van der Waals surface area contributed by atoms with Crippen molar-refractivity contribution in [1.29, 1.82) is 0 Å². The Morgan fingerprint density at radius 2 is 1.86 bits per heavy atom. The third kappa shape index (κ3) is 3.51. The SMILES string of the molecule is CNC(=O)c1c(C)sc2cc(Oc3ccnc4cc(C(F)(F)F)ccc34)ccc12. The van der Waals surface area contributed by atoms with Crippen LogP contribution in [0.1, 0.15) is 20.8 Å². The number of amides is 1. The van der Waals surface area contributed by atoms with Crippen molar-refractivity contribution in [3.63, 3.8) is 0 Å². The fraction of sp³-hybridized carbons (Fsp3) is 0.143. The van der Waals surface area contributed by atoms with E-state index in [2.05, 4.69) is 10.3 Å². The summed E-state index contributed by atoms with van der Waals surface area (Å²) in [5.41, 5.74) is 0.0761. The molecular weight excluding hydrogens is 401 g/mol. The van der Waals surface area contributed by atoms with E-state index in [0.717, 1.165) is 27.1 Å². The summed E-state index contributed by atoms with van der Waals surface area (Å²) in [5.74, 6) is 0.778. The van der Waals surface area contributed by atoms with Crippen LogP contribution in [0.15, 0.2) is 48.7 Å². The van der Waals surface area contributed by atoms with Gasteiger partial charge < -0.3 is 10.1 Å². The first kappa shape index (κ1) is 19.2. The van der Waals surface area contributed by atoms with E-state index in [1.165, 1.54) is 23.6 Å². The Balaban J connectivity index is 1.73. The van der Waals surface area contributed by atoms with Gasteiger partial charge in [0, 0.05) is 33.6 Å². The minimum atomic E-state index is -4.43. The Labute approximate surface area is 167 Å². The number of pyridine rings is 1. The molecule has 1 N–H and O–H groups in total. The third-order valence-corrected chi connectivity index (χ3v) is 5.62. The summed E-state index contributed by atoms with van der Waals surface area (Å²) in [4.78, 5) is 17.0. The van der Waals surface area contributed by atoms with Crippen molar-refractivity contribution in [3.8, 4) is 11.5 Å². The number of thiophene rings is 1. The van der Waals surface area contributed by atoms with Gasteiger partial charge >= 0.3 is 6.18 Å². The van der Waals surface area contributed by atoms with Crippen molar-refractivity contribution >= 4 is 38.2 Å². The molecule has 0 radical (unpaired) electrons. The van der Waals surface area contributed by atoms with E-state index in [4.69, 9.17) is 4.74 Å². The molecule has 0 saturated heterocycles. The van der Waals surface area contributed by atoms with Gasteiger partial charge in [-0.05, 0) is 49.4 Å². The van der Waals surface area contributed by atoms with Crippen LogP contribution in [0.5, 0.6) is 11.5 Å².